The van der Waals surface area contributed by atoms with Crippen molar-refractivity contribution >= 4 is 29.3 Å². The summed E-state index contributed by atoms with van der Waals surface area (Å²) in [5.41, 5.74) is 0. The van der Waals surface area contributed by atoms with Crippen LogP contribution < -0.4 is 5.32 Å². The highest BCUT2D eigenvalue weighted by Gasteiger charge is 2.30. The number of carboxylic acids is 1. The summed E-state index contributed by atoms with van der Waals surface area (Å²) in [6.07, 6.45) is 3.46. The van der Waals surface area contributed by atoms with Gasteiger partial charge in [0.15, 0.2) is 6.10 Å². The Bertz CT molecular complexity index is 523. The van der Waals surface area contributed by atoms with Crippen LogP contribution in [-0.2, 0) is 14.3 Å². The van der Waals surface area contributed by atoms with Crippen LogP contribution >= 0.6 is 11.3 Å². The predicted molar refractivity (Wildman–Crippen MR) is 76.6 cm³/mol. The van der Waals surface area contributed by atoms with Crippen molar-refractivity contribution in [2.24, 2.45) is 0 Å². The first-order valence-electron chi connectivity index (χ1n) is 6.45. The minimum atomic E-state index is -0.938. The van der Waals surface area contributed by atoms with Gasteiger partial charge in [0.1, 0.15) is 0 Å². The van der Waals surface area contributed by atoms with Gasteiger partial charge in [0.2, 0.25) is 5.91 Å². The molecule has 0 aromatic carbocycles. The number of nitrogens with one attached hydrogen (secondary N) is 1. The van der Waals surface area contributed by atoms with Crippen LogP contribution in [0, 0.1) is 6.92 Å². The van der Waals surface area contributed by atoms with E-state index in [1.807, 2.05) is 19.1 Å². The van der Waals surface area contributed by atoms with E-state index in [9.17, 15) is 9.59 Å². The van der Waals surface area contributed by atoms with E-state index in [-0.39, 0.29) is 12.0 Å². The smallest absolute Gasteiger partial charge is 0.332 e. The third-order valence-electron chi connectivity index (χ3n) is 3.05. The van der Waals surface area contributed by atoms with Gasteiger partial charge in [-0.05, 0) is 38.0 Å². The average Bonchev–Trinajstić information content (AvgIpc) is 3.03. The summed E-state index contributed by atoms with van der Waals surface area (Å²) in [5, 5.41) is 11.5. The molecule has 1 aliphatic rings. The molecule has 2 rings (SSSR count). The Balaban J connectivity index is 1.73. The largest absolute Gasteiger partial charge is 0.479 e. The molecular weight excluding hydrogens is 278 g/mol. The number of hydrogen-bond donors (Lipinski definition) is 2. The molecule has 0 aliphatic carbocycles. The Morgan fingerprint density at radius 1 is 1.50 bits per heavy atom. The van der Waals surface area contributed by atoms with Gasteiger partial charge in [0.05, 0.1) is 6.10 Å². The van der Waals surface area contributed by atoms with Crippen molar-refractivity contribution in [1.82, 2.24) is 5.32 Å². The minimum absolute atomic E-state index is 0.196. The topological polar surface area (TPSA) is 75.6 Å². The van der Waals surface area contributed by atoms with Crippen LogP contribution in [0.3, 0.4) is 0 Å². The molecule has 0 bridgehead atoms. The number of carboxylic acid groups (broad SMARTS) is 1. The summed E-state index contributed by atoms with van der Waals surface area (Å²) < 4.78 is 5.30. The summed E-state index contributed by atoms with van der Waals surface area (Å²) in [7, 11) is 0. The SMILES string of the molecule is Cc1ccc(/C=C/C(=O)NCC2CCC(C(=O)O)O2)s1. The van der Waals surface area contributed by atoms with Crippen LogP contribution in [0.15, 0.2) is 18.2 Å². The summed E-state index contributed by atoms with van der Waals surface area (Å²) in [5.74, 6) is -1.13. The zero-order valence-corrected chi connectivity index (χ0v) is 12.0. The van der Waals surface area contributed by atoms with Crippen molar-refractivity contribution < 1.29 is 19.4 Å². The molecule has 0 spiro atoms. The van der Waals surface area contributed by atoms with Gasteiger partial charge in [-0.3, -0.25) is 4.79 Å². The maximum atomic E-state index is 11.6. The van der Waals surface area contributed by atoms with E-state index in [1.165, 1.54) is 11.0 Å². The summed E-state index contributed by atoms with van der Waals surface area (Å²) in [6.45, 7) is 2.36. The summed E-state index contributed by atoms with van der Waals surface area (Å²) in [6, 6.07) is 3.96. The second-order valence-electron chi connectivity index (χ2n) is 4.69. The number of thiophene rings is 1. The second kappa shape index (κ2) is 6.67. The third kappa shape index (κ3) is 4.18. The number of aliphatic carboxylic acids is 1. The molecule has 20 heavy (non-hydrogen) atoms. The Kier molecular flexibility index (Phi) is 4.92. The summed E-state index contributed by atoms with van der Waals surface area (Å²) >= 11 is 1.62. The van der Waals surface area contributed by atoms with E-state index in [0.29, 0.717) is 19.4 Å². The third-order valence-corrected chi connectivity index (χ3v) is 4.01. The van der Waals surface area contributed by atoms with Crippen LogP contribution in [0.2, 0.25) is 0 Å². The van der Waals surface area contributed by atoms with Gasteiger partial charge in [-0.15, -0.1) is 11.3 Å². The fourth-order valence-electron chi connectivity index (χ4n) is 2.01. The van der Waals surface area contributed by atoms with E-state index in [2.05, 4.69) is 5.32 Å². The molecule has 1 aromatic heterocycles. The number of carbonyl (C=O) groups is 2. The van der Waals surface area contributed by atoms with Crippen LogP contribution in [0.4, 0.5) is 0 Å². The molecular formula is C14H17NO4S. The molecule has 1 aromatic rings. The average molecular weight is 295 g/mol. The predicted octanol–water partition coefficient (Wildman–Crippen LogP) is 1.82. The minimum Gasteiger partial charge on any atom is -0.479 e. The number of aryl methyl sites for hydroxylation is 1. The second-order valence-corrected chi connectivity index (χ2v) is 6.01. The van der Waals surface area contributed by atoms with Crippen molar-refractivity contribution in [3.63, 3.8) is 0 Å². The molecule has 0 radical (unpaired) electrons. The summed E-state index contributed by atoms with van der Waals surface area (Å²) in [4.78, 5) is 24.6. The van der Waals surface area contributed by atoms with Crippen molar-refractivity contribution in [3.8, 4) is 0 Å². The van der Waals surface area contributed by atoms with Gasteiger partial charge in [0.25, 0.3) is 0 Å². The first-order valence-corrected chi connectivity index (χ1v) is 7.27. The van der Waals surface area contributed by atoms with Crippen LogP contribution in [0.1, 0.15) is 22.6 Å². The molecule has 108 valence electrons. The van der Waals surface area contributed by atoms with Gasteiger partial charge < -0.3 is 15.2 Å². The van der Waals surface area contributed by atoms with Crippen molar-refractivity contribution in [3.05, 3.63) is 28.0 Å². The number of carbonyl (C=O) groups excluding carboxylic acids is 1. The van der Waals surface area contributed by atoms with E-state index in [4.69, 9.17) is 9.84 Å². The van der Waals surface area contributed by atoms with Gasteiger partial charge in [0, 0.05) is 22.4 Å². The highest BCUT2D eigenvalue weighted by atomic mass is 32.1. The van der Waals surface area contributed by atoms with Crippen molar-refractivity contribution in [2.45, 2.75) is 32.0 Å². The van der Waals surface area contributed by atoms with Crippen LogP contribution in [0.5, 0.6) is 0 Å². The van der Waals surface area contributed by atoms with E-state index in [0.717, 1.165) is 4.88 Å². The lowest BCUT2D eigenvalue weighted by Crippen LogP contribution is -2.32. The fraction of sp³-hybridized carbons (Fsp3) is 0.429. The van der Waals surface area contributed by atoms with E-state index >= 15 is 0 Å². The highest BCUT2D eigenvalue weighted by Crippen LogP contribution is 2.19. The highest BCUT2D eigenvalue weighted by molar-refractivity contribution is 7.12. The normalized spacial score (nSPS) is 22.2. The van der Waals surface area contributed by atoms with Crippen molar-refractivity contribution in [1.29, 1.82) is 0 Å². The van der Waals surface area contributed by atoms with Gasteiger partial charge >= 0.3 is 5.97 Å². The Morgan fingerprint density at radius 3 is 2.90 bits per heavy atom. The number of hydrogen-bond acceptors (Lipinski definition) is 4. The number of rotatable bonds is 5. The van der Waals surface area contributed by atoms with E-state index in [1.54, 1.807) is 17.4 Å². The molecule has 1 amide bonds. The maximum absolute atomic E-state index is 11.6. The van der Waals surface area contributed by atoms with Gasteiger partial charge in [-0.25, -0.2) is 4.79 Å². The number of amides is 1. The molecule has 5 nitrogen and oxygen atoms in total. The molecule has 2 N–H and O–H groups in total. The maximum Gasteiger partial charge on any atom is 0.332 e. The Hall–Kier alpha value is -1.66. The molecule has 1 fully saturated rings. The zero-order chi connectivity index (χ0) is 14.5. The lowest BCUT2D eigenvalue weighted by molar-refractivity contribution is -0.149. The molecule has 1 saturated heterocycles. The van der Waals surface area contributed by atoms with Crippen LogP contribution in [0.25, 0.3) is 6.08 Å². The first-order chi connectivity index (χ1) is 9.54. The van der Waals surface area contributed by atoms with Gasteiger partial charge in [-0.2, -0.15) is 0 Å². The van der Waals surface area contributed by atoms with Crippen molar-refractivity contribution in [2.75, 3.05) is 6.54 Å². The lowest BCUT2D eigenvalue weighted by Gasteiger charge is -2.11. The molecule has 2 atom stereocenters. The fourth-order valence-corrected chi connectivity index (χ4v) is 2.79. The number of ether oxygens (including phenoxy) is 1. The first kappa shape index (κ1) is 14.7. The Morgan fingerprint density at radius 2 is 2.30 bits per heavy atom. The van der Waals surface area contributed by atoms with Gasteiger partial charge in [-0.1, -0.05) is 0 Å². The van der Waals surface area contributed by atoms with E-state index < -0.39 is 12.1 Å². The Labute approximate surface area is 121 Å². The standard InChI is InChI=1S/C14H17NO4S/c1-9-2-4-11(20-9)5-7-13(16)15-8-10-3-6-12(19-10)14(17)18/h2,4-5,7,10,12H,3,6,8H2,1H3,(H,15,16)(H,17,18)/b7-5+. The quantitative estimate of drug-likeness (QED) is 0.812. The molecule has 2 heterocycles. The molecule has 2 unspecified atom stereocenters. The molecule has 1 aliphatic heterocycles. The zero-order valence-electron chi connectivity index (χ0n) is 11.2. The molecule has 6 heteroatoms. The monoisotopic (exact) mass is 295 g/mol. The van der Waals surface area contributed by atoms with Crippen LogP contribution in [-0.4, -0.2) is 35.7 Å². The lowest BCUT2D eigenvalue weighted by atomic mass is 10.2. The molecule has 0 saturated carbocycles.